The number of nitrogens with one attached hydrogen (secondary N) is 5. The Morgan fingerprint density at radius 1 is 1.00 bits per heavy atom. The van der Waals surface area contributed by atoms with Crippen LogP contribution < -0.4 is 36.5 Å². The number of hydrogen-bond donors (Lipinski definition) is 5. The average molecular weight is 399 g/mol. The zero-order valence-corrected chi connectivity index (χ0v) is 17.3. The molecule has 1 heterocycles. The molecule has 0 aliphatic carbocycles. The Morgan fingerprint density at radius 3 is 2.52 bits per heavy atom. The van der Waals surface area contributed by atoms with E-state index < -0.39 is 6.04 Å². The summed E-state index contributed by atoms with van der Waals surface area (Å²) in [6, 6.07) is 11.4. The molecule has 2 unspecified atom stereocenters. The Labute approximate surface area is 171 Å². The van der Waals surface area contributed by atoms with Gasteiger partial charge in [-0.1, -0.05) is 12.1 Å². The van der Waals surface area contributed by atoms with E-state index in [0.717, 1.165) is 11.3 Å². The molecule has 0 bridgehead atoms. The fraction of sp³-hybridized carbons (Fsp3) is 0.381. The lowest BCUT2D eigenvalue weighted by molar-refractivity contribution is -0.123. The van der Waals surface area contributed by atoms with Crippen LogP contribution in [0.2, 0.25) is 0 Å². The van der Waals surface area contributed by atoms with Crippen molar-refractivity contribution in [2.45, 2.75) is 32.5 Å². The highest BCUT2D eigenvalue weighted by molar-refractivity contribution is 5.83. The first-order chi connectivity index (χ1) is 14.0. The number of aryl methyl sites for hydroxylation is 2. The molecule has 29 heavy (non-hydrogen) atoms. The van der Waals surface area contributed by atoms with E-state index in [9.17, 15) is 4.79 Å². The van der Waals surface area contributed by atoms with Crippen LogP contribution in [0.1, 0.15) is 16.7 Å². The first kappa shape index (κ1) is 20.9. The van der Waals surface area contributed by atoms with E-state index in [1.54, 1.807) is 14.2 Å². The Kier molecular flexibility index (Phi) is 6.92. The van der Waals surface area contributed by atoms with Gasteiger partial charge in [0.15, 0.2) is 11.5 Å². The van der Waals surface area contributed by atoms with Gasteiger partial charge in [0.1, 0.15) is 12.2 Å². The molecule has 0 spiro atoms. The van der Waals surface area contributed by atoms with Crippen LogP contribution in [-0.4, -0.2) is 38.9 Å². The lowest BCUT2D eigenvalue weighted by Crippen LogP contribution is -2.50. The van der Waals surface area contributed by atoms with Gasteiger partial charge in [0, 0.05) is 12.2 Å². The molecule has 2 atom stereocenters. The summed E-state index contributed by atoms with van der Waals surface area (Å²) in [6.07, 6.45) is 0.410. The van der Waals surface area contributed by atoms with Gasteiger partial charge in [-0.3, -0.25) is 4.79 Å². The van der Waals surface area contributed by atoms with E-state index in [2.05, 4.69) is 53.0 Å². The van der Waals surface area contributed by atoms with Crippen LogP contribution in [0.25, 0.3) is 0 Å². The third-order valence-corrected chi connectivity index (χ3v) is 5.06. The Morgan fingerprint density at radius 2 is 1.79 bits per heavy atom. The van der Waals surface area contributed by atoms with Crippen LogP contribution in [0.3, 0.4) is 0 Å². The van der Waals surface area contributed by atoms with Crippen LogP contribution in [-0.2, 0) is 11.2 Å². The fourth-order valence-electron chi connectivity index (χ4n) is 3.19. The van der Waals surface area contributed by atoms with Crippen LogP contribution in [0.4, 0.5) is 5.69 Å². The van der Waals surface area contributed by atoms with E-state index in [4.69, 9.17) is 9.47 Å². The second kappa shape index (κ2) is 9.60. The maximum Gasteiger partial charge on any atom is 0.242 e. The predicted molar refractivity (Wildman–Crippen MR) is 113 cm³/mol. The number of anilines is 1. The highest BCUT2D eigenvalue weighted by Crippen LogP contribution is 2.27. The minimum atomic E-state index is -0.456. The van der Waals surface area contributed by atoms with Gasteiger partial charge in [-0.05, 0) is 61.2 Å². The summed E-state index contributed by atoms with van der Waals surface area (Å²) in [5, 5.41) is 6.33. The molecule has 3 rings (SSSR count). The zero-order chi connectivity index (χ0) is 20.8. The molecule has 0 saturated carbocycles. The van der Waals surface area contributed by atoms with Gasteiger partial charge in [-0.25, -0.2) is 10.9 Å². The fourth-order valence-corrected chi connectivity index (χ4v) is 3.19. The minimum Gasteiger partial charge on any atom is -0.493 e. The van der Waals surface area contributed by atoms with Gasteiger partial charge < -0.3 is 20.1 Å². The van der Waals surface area contributed by atoms with Crippen molar-refractivity contribution in [2.75, 3.05) is 26.1 Å². The topological polar surface area (TPSA) is 95.7 Å². The number of carbonyl (C=O) groups excluding carboxylic acids is 1. The van der Waals surface area contributed by atoms with Crippen LogP contribution in [0, 0.1) is 13.8 Å². The quantitative estimate of drug-likeness (QED) is 0.458. The van der Waals surface area contributed by atoms with Crippen LogP contribution in [0.15, 0.2) is 36.4 Å². The number of hydrazine groups is 2. The number of ether oxygens (including phenoxy) is 2. The number of carbonyl (C=O) groups is 1. The first-order valence-electron chi connectivity index (χ1n) is 9.60. The number of hydrogen-bond acceptors (Lipinski definition) is 7. The highest BCUT2D eigenvalue weighted by Gasteiger charge is 2.32. The number of amides is 1. The summed E-state index contributed by atoms with van der Waals surface area (Å²) in [4.78, 5) is 12.6. The summed E-state index contributed by atoms with van der Waals surface area (Å²) < 4.78 is 10.6. The molecule has 1 aliphatic heterocycles. The standard InChI is InChI=1S/C21H29N5O3/c1-13-5-7-16(11-14(13)2)23-20-19(24-26-25-20)21(27)22-10-9-15-6-8-17(28-3)18(12-15)29-4/h5-8,11-12,19-20,23-26H,9-10H2,1-4H3,(H,22,27). The van der Waals surface area contributed by atoms with Crippen molar-refractivity contribution < 1.29 is 14.3 Å². The molecule has 2 aromatic carbocycles. The predicted octanol–water partition coefficient (Wildman–Crippen LogP) is 1.40. The van der Waals surface area contributed by atoms with Crippen molar-refractivity contribution in [1.29, 1.82) is 0 Å². The van der Waals surface area contributed by atoms with Gasteiger partial charge in [-0.2, -0.15) is 5.53 Å². The molecule has 1 fully saturated rings. The molecule has 156 valence electrons. The van der Waals surface area contributed by atoms with Gasteiger partial charge in [0.2, 0.25) is 5.91 Å². The lowest BCUT2D eigenvalue weighted by Gasteiger charge is -2.20. The molecule has 0 aromatic heterocycles. The molecule has 1 amide bonds. The average Bonchev–Trinajstić information content (AvgIpc) is 3.18. The van der Waals surface area contributed by atoms with Gasteiger partial charge in [-0.15, -0.1) is 0 Å². The molecule has 5 N–H and O–H groups in total. The summed E-state index contributed by atoms with van der Waals surface area (Å²) >= 11 is 0. The normalized spacial score (nSPS) is 18.3. The van der Waals surface area contributed by atoms with Gasteiger partial charge in [0.05, 0.1) is 14.2 Å². The maximum atomic E-state index is 12.6. The largest absolute Gasteiger partial charge is 0.493 e. The SMILES string of the molecule is COc1ccc(CCNC(=O)C2NNNC2Nc2ccc(C)c(C)c2)cc1OC. The van der Waals surface area contributed by atoms with Crippen molar-refractivity contribution in [3.63, 3.8) is 0 Å². The Balaban J connectivity index is 1.53. The van der Waals surface area contributed by atoms with Gasteiger partial charge >= 0.3 is 0 Å². The second-order valence-corrected chi connectivity index (χ2v) is 7.04. The Hall–Kier alpha value is -2.81. The van der Waals surface area contributed by atoms with E-state index in [-0.39, 0.29) is 12.1 Å². The third kappa shape index (κ3) is 5.17. The molecule has 8 nitrogen and oxygen atoms in total. The smallest absolute Gasteiger partial charge is 0.242 e. The zero-order valence-electron chi connectivity index (χ0n) is 17.3. The maximum absolute atomic E-state index is 12.6. The van der Waals surface area contributed by atoms with Crippen molar-refractivity contribution >= 4 is 11.6 Å². The van der Waals surface area contributed by atoms with Crippen LogP contribution in [0.5, 0.6) is 11.5 Å². The highest BCUT2D eigenvalue weighted by atomic mass is 16.5. The minimum absolute atomic E-state index is 0.0932. The molecule has 2 aromatic rings. The van der Waals surface area contributed by atoms with Crippen molar-refractivity contribution in [3.05, 3.63) is 53.1 Å². The third-order valence-electron chi connectivity index (χ3n) is 5.06. The summed E-state index contributed by atoms with van der Waals surface area (Å²) in [7, 11) is 3.22. The van der Waals surface area contributed by atoms with E-state index >= 15 is 0 Å². The molecular weight excluding hydrogens is 370 g/mol. The first-order valence-corrected chi connectivity index (χ1v) is 9.60. The second-order valence-electron chi connectivity index (χ2n) is 7.04. The van der Waals surface area contributed by atoms with Crippen LogP contribution >= 0.6 is 0 Å². The molecule has 0 radical (unpaired) electrons. The summed E-state index contributed by atoms with van der Waals surface area (Å²) in [6.45, 7) is 4.66. The molecule has 1 saturated heterocycles. The van der Waals surface area contributed by atoms with E-state index in [0.29, 0.717) is 24.5 Å². The number of methoxy groups -OCH3 is 2. The van der Waals surface area contributed by atoms with Gasteiger partial charge in [0.25, 0.3) is 0 Å². The monoisotopic (exact) mass is 399 g/mol. The number of benzene rings is 2. The summed E-state index contributed by atoms with van der Waals surface area (Å²) in [5.41, 5.74) is 13.3. The van der Waals surface area contributed by atoms with Crippen molar-refractivity contribution in [1.82, 2.24) is 21.7 Å². The molecular formula is C21H29N5O3. The Bertz CT molecular complexity index is 858. The van der Waals surface area contributed by atoms with E-state index in [1.165, 1.54) is 11.1 Å². The summed E-state index contributed by atoms with van der Waals surface area (Å²) in [5.74, 6) is 1.28. The van der Waals surface area contributed by atoms with E-state index in [1.807, 2.05) is 24.3 Å². The molecule has 1 aliphatic rings. The van der Waals surface area contributed by atoms with Crippen molar-refractivity contribution in [3.8, 4) is 11.5 Å². The lowest BCUT2D eigenvalue weighted by atomic mass is 10.1. The molecule has 8 heteroatoms. The van der Waals surface area contributed by atoms with Crippen molar-refractivity contribution in [2.24, 2.45) is 0 Å². The number of rotatable bonds is 8.